The third-order valence-electron chi connectivity index (χ3n) is 3.26. The zero-order valence-corrected chi connectivity index (χ0v) is 15.3. The molecule has 0 aliphatic heterocycles. The Kier molecular flexibility index (Phi) is 5.23. The number of aliphatic hydroxyl groups is 1. The molecule has 0 bridgehead atoms. The molecule has 1 amide bonds. The van der Waals surface area contributed by atoms with E-state index in [9.17, 15) is 13.2 Å². The van der Waals surface area contributed by atoms with Crippen LogP contribution in [0.1, 0.15) is 6.92 Å². The van der Waals surface area contributed by atoms with Gasteiger partial charge in [0.05, 0.1) is 12.3 Å². The van der Waals surface area contributed by atoms with E-state index in [1.54, 1.807) is 12.1 Å². The molecule has 3 aromatic heterocycles. The van der Waals surface area contributed by atoms with Crippen LogP contribution in [0.4, 0.5) is 5.13 Å². The number of aromatic nitrogens is 3. The minimum absolute atomic E-state index is 0.0198. The Morgan fingerprint density at radius 1 is 1.27 bits per heavy atom. The fourth-order valence-electron chi connectivity index (χ4n) is 2.15. The molecule has 3 aromatic rings. The summed E-state index contributed by atoms with van der Waals surface area (Å²) in [7, 11) is -3.76. The van der Waals surface area contributed by atoms with Crippen molar-refractivity contribution in [2.75, 3.05) is 18.5 Å². The molecule has 0 radical (unpaired) electrons. The van der Waals surface area contributed by atoms with Gasteiger partial charge in [0.1, 0.15) is 15.2 Å². The molecule has 0 aliphatic rings. The van der Waals surface area contributed by atoms with Crippen LogP contribution in [0.5, 0.6) is 0 Å². The number of hydrogen-bond donors (Lipinski definition) is 3. The fraction of sp³-hybridized carbons (Fsp3) is 0.200. The van der Waals surface area contributed by atoms with Gasteiger partial charge < -0.3 is 10.4 Å². The van der Waals surface area contributed by atoms with Crippen molar-refractivity contribution in [1.82, 2.24) is 19.7 Å². The summed E-state index contributed by atoms with van der Waals surface area (Å²) in [4.78, 5) is 24.4. The van der Waals surface area contributed by atoms with Crippen LogP contribution in [0.2, 0.25) is 0 Å². The minimum atomic E-state index is -3.76. The summed E-state index contributed by atoms with van der Waals surface area (Å²) in [6.45, 7) is 1.02. The maximum absolute atomic E-state index is 12.2. The summed E-state index contributed by atoms with van der Waals surface area (Å²) in [5.74, 6) is -0.221. The first kappa shape index (κ1) is 18.3. The van der Waals surface area contributed by atoms with Gasteiger partial charge in [-0.1, -0.05) is 11.3 Å². The van der Waals surface area contributed by atoms with E-state index in [1.165, 1.54) is 36.7 Å². The molecule has 0 spiro atoms. The molecule has 0 fully saturated rings. The van der Waals surface area contributed by atoms with Gasteiger partial charge in [0, 0.05) is 31.4 Å². The van der Waals surface area contributed by atoms with Gasteiger partial charge in [-0.2, -0.15) is 0 Å². The van der Waals surface area contributed by atoms with Crippen LogP contribution in [0.25, 0.3) is 21.6 Å². The molecule has 0 aliphatic carbocycles. The lowest BCUT2D eigenvalue weighted by molar-refractivity contribution is -0.114. The molecule has 136 valence electrons. The number of fused-ring (bicyclic) bond motifs is 1. The lowest BCUT2D eigenvalue weighted by atomic mass is 10.2. The van der Waals surface area contributed by atoms with Crippen LogP contribution in [0.15, 0.2) is 35.5 Å². The smallest absolute Gasteiger partial charge is 0.242 e. The molecule has 9 nitrogen and oxygen atoms in total. The lowest BCUT2D eigenvalue weighted by Crippen LogP contribution is -2.26. The number of nitrogens with one attached hydrogen (secondary N) is 2. The summed E-state index contributed by atoms with van der Waals surface area (Å²) in [6.07, 6.45) is 2.73. The number of anilines is 1. The highest BCUT2D eigenvalue weighted by Gasteiger charge is 2.16. The number of aliphatic hydroxyl groups excluding tert-OH is 1. The van der Waals surface area contributed by atoms with E-state index in [4.69, 9.17) is 5.11 Å². The van der Waals surface area contributed by atoms with E-state index in [0.717, 1.165) is 0 Å². The minimum Gasteiger partial charge on any atom is -0.395 e. The van der Waals surface area contributed by atoms with Crippen LogP contribution < -0.4 is 10.0 Å². The monoisotopic (exact) mass is 393 g/mol. The summed E-state index contributed by atoms with van der Waals surface area (Å²) in [5.41, 5.74) is 1.68. The SMILES string of the molecule is CC(=O)Nc1nc2ccc(-c3cncc(S(=O)(=O)NCCO)c3)nc2s1. The highest BCUT2D eigenvalue weighted by Crippen LogP contribution is 2.28. The molecule has 11 heteroatoms. The fourth-order valence-corrected chi connectivity index (χ4v) is 4.04. The van der Waals surface area contributed by atoms with Crippen LogP contribution in [-0.4, -0.2) is 47.5 Å². The van der Waals surface area contributed by atoms with E-state index in [2.05, 4.69) is 25.0 Å². The molecule has 0 saturated carbocycles. The van der Waals surface area contributed by atoms with Gasteiger partial charge >= 0.3 is 0 Å². The Bertz CT molecular complexity index is 1060. The maximum atomic E-state index is 12.2. The Morgan fingerprint density at radius 2 is 2.08 bits per heavy atom. The number of rotatable bonds is 6. The Balaban J connectivity index is 1.96. The van der Waals surface area contributed by atoms with Crippen molar-refractivity contribution >= 4 is 42.7 Å². The number of pyridine rings is 2. The molecule has 0 unspecified atom stereocenters. The average Bonchev–Trinajstić information content (AvgIpc) is 3.00. The van der Waals surface area contributed by atoms with Gasteiger partial charge in [0.25, 0.3) is 0 Å². The molecule has 0 aromatic carbocycles. The molecule has 3 N–H and O–H groups in total. The second-order valence-electron chi connectivity index (χ2n) is 5.25. The number of amides is 1. The average molecular weight is 393 g/mol. The topological polar surface area (TPSA) is 134 Å². The Hall–Kier alpha value is -2.47. The molecular weight excluding hydrogens is 378 g/mol. The maximum Gasteiger partial charge on any atom is 0.242 e. The van der Waals surface area contributed by atoms with Crippen molar-refractivity contribution in [3.8, 4) is 11.3 Å². The van der Waals surface area contributed by atoms with Gasteiger partial charge in [-0.3, -0.25) is 9.78 Å². The van der Waals surface area contributed by atoms with Crippen LogP contribution in [0.3, 0.4) is 0 Å². The third-order valence-corrected chi connectivity index (χ3v) is 5.57. The molecule has 3 rings (SSSR count). The van der Waals surface area contributed by atoms with Crippen molar-refractivity contribution in [3.63, 3.8) is 0 Å². The van der Waals surface area contributed by atoms with E-state index in [1.807, 2.05) is 0 Å². The summed E-state index contributed by atoms with van der Waals surface area (Å²) in [6, 6.07) is 4.90. The summed E-state index contributed by atoms with van der Waals surface area (Å²) < 4.78 is 26.6. The van der Waals surface area contributed by atoms with Crippen molar-refractivity contribution < 1.29 is 18.3 Å². The first-order valence-electron chi connectivity index (χ1n) is 7.50. The number of carbonyl (C=O) groups excluding carboxylic acids is 1. The second-order valence-corrected chi connectivity index (χ2v) is 8.00. The highest BCUT2D eigenvalue weighted by atomic mass is 32.2. The number of sulfonamides is 1. The van der Waals surface area contributed by atoms with Gasteiger partial charge in [0.15, 0.2) is 5.13 Å². The van der Waals surface area contributed by atoms with Gasteiger partial charge in [-0.15, -0.1) is 0 Å². The van der Waals surface area contributed by atoms with E-state index < -0.39 is 10.0 Å². The highest BCUT2D eigenvalue weighted by molar-refractivity contribution is 7.89. The quantitative estimate of drug-likeness (QED) is 0.568. The van der Waals surface area contributed by atoms with Crippen LogP contribution in [0, 0.1) is 0 Å². The predicted octanol–water partition coefficient (Wildman–Crippen LogP) is 0.982. The zero-order valence-electron chi connectivity index (χ0n) is 13.6. The van der Waals surface area contributed by atoms with Crippen molar-refractivity contribution in [2.24, 2.45) is 0 Å². The van der Waals surface area contributed by atoms with Crippen molar-refractivity contribution in [2.45, 2.75) is 11.8 Å². The number of carbonyl (C=O) groups is 1. The molecular formula is C15H15N5O4S2. The molecule has 26 heavy (non-hydrogen) atoms. The van der Waals surface area contributed by atoms with Crippen LogP contribution in [-0.2, 0) is 14.8 Å². The molecule has 3 heterocycles. The molecule has 0 saturated heterocycles. The normalized spacial score (nSPS) is 11.6. The van der Waals surface area contributed by atoms with Crippen molar-refractivity contribution in [3.05, 3.63) is 30.6 Å². The van der Waals surface area contributed by atoms with E-state index >= 15 is 0 Å². The Morgan fingerprint density at radius 3 is 2.81 bits per heavy atom. The predicted molar refractivity (Wildman–Crippen MR) is 97.2 cm³/mol. The Labute approximate surface area is 153 Å². The van der Waals surface area contributed by atoms with Gasteiger partial charge in [0.2, 0.25) is 15.9 Å². The summed E-state index contributed by atoms with van der Waals surface area (Å²) >= 11 is 1.22. The second kappa shape index (κ2) is 7.41. The first-order valence-corrected chi connectivity index (χ1v) is 9.80. The summed E-state index contributed by atoms with van der Waals surface area (Å²) in [5, 5.41) is 11.8. The van der Waals surface area contributed by atoms with Gasteiger partial charge in [-0.25, -0.2) is 23.1 Å². The largest absolute Gasteiger partial charge is 0.395 e. The first-order chi connectivity index (χ1) is 12.4. The lowest BCUT2D eigenvalue weighted by Gasteiger charge is -2.06. The van der Waals surface area contributed by atoms with Crippen LogP contribution >= 0.6 is 11.3 Å². The number of thiazole rings is 1. The zero-order chi connectivity index (χ0) is 18.7. The third kappa shape index (κ3) is 4.02. The number of hydrogen-bond acceptors (Lipinski definition) is 8. The standard InChI is InChI=1S/C15H15N5O4S2/c1-9(22)18-15-20-13-3-2-12(19-14(13)25-15)10-6-11(8-16-7-10)26(23,24)17-4-5-21/h2-3,6-8,17,21H,4-5H2,1H3,(H,18,20,22). The number of nitrogens with zero attached hydrogens (tertiary/aromatic N) is 3. The van der Waals surface area contributed by atoms with Gasteiger partial charge in [-0.05, 0) is 18.2 Å². The van der Waals surface area contributed by atoms with E-state index in [0.29, 0.717) is 26.7 Å². The van der Waals surface area contributed by atoms with E-state index in [-0.39, 0.29) is 24.0 Å². The molecule has 0 atom stereocenters. The van der Waals surface area contributed by atoms with Crippen molar-refractivity contribution in [1.29, 1.82) is 0 Å².